The van der Waals surface area contributed by atoms with Gasteiger partial charge in [0.2, 0.25) is 0 Å². The van der Waals surface area contributed by atoms with Gasteiger partial charge in [-0.1, -0.05) is 0 Å². The molecule has 1 fully saturated rings. The molecule has 1 amide bonds. The van der Waals surface area contributed by atoms with E-state index < -0.39 is 17.5 Å². The monoisotopic (exact) mass is 335 g/mol. The van der Waals surface area contributed by atoms with Gasteiger partial charge >= 0.3 is 12.0 Å². The van der Waals surface area contributed by atoms with Crippen LogP contribution in [0.3, 0.4) is 0 Å². The Labute approximate surface area is 137 Å². The summed E-state index contributed by atoms with van der Waals surface area (Å²) in [7, 11) is 0. The molecule has 2 aromatic rings. The van der Waals surface area contributed by atoms with E-state index in [2.05, 4.69) is 5.32 Å². The number of carbonyl (C=O) groups excluding carboxylic acids is 1. The number of carboxylic acids is 1. The maximum atomic E-state index is 13.8. The highest BCUT2D eigenvalue weighted by molar-refractivity contribution is 5.97. The van der Waals surface area contributed by atoms with Crippen LogP contribution in [-0.4, -0.2) is 57.9 Å². The van der Waals surface area contributed by atoms with Gasteiger partial charge < -0.3 is 20.4 Å². The zero-order valence-corrected chi connectivity index (χ0v) is 13.2. The number of nitrogens with zero attached hydrogens (tertiary/aromatic N) is 2. The summed E-state index contributed by atoms with van der Waals surface area (Å²) in [4.78, 5) is 25.6. The van der Waals surface area contributed by atoms with Crippen LogP contribution in [0.2, 0.25) is 0 Å². The topological polar surface area (TPSA) is 94.8 Å². The lowest BCUT2D eigenvalue weighted by molar-refractivity contribution is -0.136. The van der Waals surface area contributed by atoms with Crippen LogP contribution < -0.4 is 5.32 Å². The van der Waals surface area contributed by atoms with E-state index in [1.165, 1.54) is 10.6 Å². The molecule has 1 aromatic carbocycles. The SMILES string of the molecule is Cc1c(CC(=O)O)c2cc(O)c(F)cc2n1C(=O)N1CCNCC1. The molecule has 1 aromatic heterocycles. The van der Waals surface area contributed by atoms with Gasteiger partial charge in [0.1, 0.15) is 0 Å². The number of aromatic nitrogens is 1. The van der Waals surface area contributed by atoms with E-state index in [4.69, 9.17) is 5.11 Å². The molecule has 0 bridgehead atoms. The number of halogens is 1. The van der Waals surface area contributed by atoms with Gasteiger partial charge in [0.15, 0.2) is 11.6 Å². The zero-order chi connectivity index (χ0) is 17.4. The molecule has 0 spiro atoms. The maximum Gasteiger partial charge on any atom is 0.328 e. The highest BCUT2D eigenvalue weighted by Gasteiger charge is 2.25. The fourth-order valence-corrected chi connectivity index (χ4v) is 3.11. The van der Waals surface area contributed by atoms with Crippen molar-refractivity contribution in [1.82, 2.24) is 14.8 Å². The van der Waals surface area contributed by atoms with Crippen molar-refractivity contribution in [2.75, 3.05) is 26.2 Å². The molecule has 1 aliphatic rings. The Balaban J connectivity index is 2.18. The third-order valence-electron chi connectivity index (χ3n) is 4.31. The molecule has 0 saturated carbocycles. The fraction of sp³-hybridized carbons (Fsp3) is 0.375. The van der Waals surface area contributed by atoms with E-state index in [1.54, 1.807) is 11.8 Å². The Kier molecular flexibility index (Phi) is 4.15. The minimum atomic E-state index is -1.06. The van der Waals surface area contributed by atoms with Gasteiger partial charge in [-0.25, -0.2) is 9.18 Å². The lowest BCUT2D eigenvalue weighted by Gasteiger charge is -2.28. The van der Waals surface area contributed by atoms with Crippen molar-refractivity contribution < 1.29 is 24.2 Å². The molecular formula is C16H18FN3O4. The molecule has 2 heterocycles. The molecule has 3 rings (SSSR count). The van der Waals surface area contributed by atoms with Crippen molar-refractivity contribution in [3.05, 3.63) is 29.2 Å². The average molecular weight is 335 g/mol. The van der Waals surface area contributed by atoms with Gasteiger partial charge in [0.25, 0.3) is 0 Å². The lowest BCUT2D eigenvalue weighted by Crippen LogP contribution is -2.48. The maximum absolute atomic E-state index is 13.8. The fourth-order valence-electron chi connectivity index (χ4n) is 3.11. The third kappa shape index (κ3) is 2.69. The van der Waals surface area contributed by atoms with Gasteiger partial charge in [-0.3, -0.25) is 9.36 Å². The standard InChI is InChI=1S/C16H18FN3O4/c1-9-10(7-15(22)23)11-6-14(21)12(17)8-13(11)20(9)16(24)19-4-2-18-3-5-19/h6,8,18,21H,2-5,7H2,1H3,(H,22,23). The van der Waals surface area contributed by atoms with E-state index in [9.17, 15) is 19.1 Å². The van der Waals surface area contributed by atoms with E-state index in [1.807, 2.05) is 0 Å². The Morgan fingerprint density at radius 3 is 2.58 bits per heavy atom. The number of carboxylic acid groups (broad SMARTS) is 1. The number of nitrogens with one attached hydrogen (secondary N) is 1. The van der Waals surface area contributed by atoms with E-state index in [0.29, 0.717) is 42.8 Å². The van der Waals surface area contributed by atoms with Crippen LogP contribution in [-0.2, 0) is 11.2 Å². The van der Waals surface area contributed by atoms with Gasteiger partial charge in [-0.05, 0) is 18.6 Å². The van der Waals surface area contributed by atoms with Crippen molar-refractivity contribution in [3.8, 4) is 5.75 Å². The van der Waals surface area contributed by atoms with Crippen LogP contribution in [0.25, 0.3) is 10.9 Å². The molecule has 0 aliphatic carbocycles. The molecule has 0 unspecified atom stereocenters. The second-order valence-corrected chi connectivity index (χ2v) is 5.81. The number of phenols is 1. The quantitative estimate of drug-likeness (QED) is 0.769. The predicted octanol–water partition coefficient (Wildman–Crippen LogP) is 1.29. The predicted molar refractivity (Wildman–Crippen MR) is 84.9 cm³/mol. The van der Waals surface area contributed by atoms with Gasteiger partial charge in [0.05, 0.1) is 11.9 Å². The smallest absolute Gasteiger partial charge is 0.328 e. The number of benzene rings is 1. The Bertz CT molecular complexity index is 825. The van der Waals surface area contributed by atoms with Crippen LogP contribution in [0.5, 0.6) is 5.75 Å². The Hall–Kier alpha value is -2.61. The second-order valence-electron chi connectivity index (χ2n) is 5.81. The van der Waals surface area contributed by atoms with E-state index in [0.717, 1.165) is 6.07 Å². The summed E-state index contributed by atoms with van der Waals surface area (Å²) >= 11 is 0. The molecule has 1 saturated heterocycles. The first-order chi connectivity index (χ1) is 11.4. The summed E-state index contributed by atoms with van der Waals surface area (Å²) in [5, 5.41) is 22.3. The number of aliphatic carboxylic acids is 1. The number of phenolic OH excluding ortho intramolecular Hbond substituents is 1. The highest BCUT2D eigenvalue weighted by atomic mass is 19.1. The summed E-state index contributed by atoms with van der Waals surface area (Å²) in [6.07, 6.45) is -0.310. The Morgan fingerprint density at radius 1 is 1.29 bits per heavy atom. The molecular weight excluding hydrogens is 317 g/mol. The van der Waals surface area contributed by atoms with Crippen molar-refractivity contribution in [3.63, 3.8) is 0 Å². The molecule has 8 heteroatoms. The first kappa shape index (κ1) is 16.3. The second kappa shape index (κ2) is 6.12. The van der Waals surface area contributed by atoms with E-state index in [-0.39, 0.29) is 18.0 Å². The van der Waals surface area contributed by atoms with Crippen LogP contribution in [0.4, 0.5) is 9.18 Å². The van der Waals surface area contributed by atoms with Crippen molar-refractivity contribution in [2.24, 2.45) is 0 Å². The Morgan fingerprint density at radius 2 is 1.96 bits per heavy atom. The van der Waals surface area contributed by atoms with Crippen molar-refractivity contribution in [1.29, 1.82) is 0 Å². The summed E-state index contributed by atoms with van der Waals surface area (Å²) in [6.45, 7) is 4.01. The number of piperazine rings is 1. The molecule has 7 nitrogen and oxygen atoms in total. The number of carbonyl (C=O) groups is 2. The van der Waals surface area contributed by atoms with Crippen LogP contribution >= 0.6 is 0 Å². The van der Waals surface area contributed by atoms with Crippen LogP contribution in [0.1, 0.15) is 11.3 Å². The third-order valence-corrected chi connectivity index (χ3v) is 4.31. The first-order valence-corrected chi connectivity index (χ1v) is 7.64. The average Bonchev–Trinajstić information content (AvgIpc) is 2.80. The number of hydrogen-bond donors (Lipinski definition) is 3. The van der Waals surface area contributed by atoms with Crippen LogP contribution in [0.15, 0.2) is 12.1 Å². The van der Waals surface area contributed by atoms with Gasteiger partial charge in [0, 0.05) is 43.3 Å². The minimum absolute atomic E-state index is 0.266. The minimum Gasteiger partial charge on any atom is -0.505 e. The summed E-state index contributed by atoms with van der Waals surface area (Å²) in [5.41, 5.74) is 1.11. The summed E-state index contributed by atoms with van der Waals surface area (Å²) < 4.78 is 15.2. The molecule has 128 valence electrons. The van der Waals surface area contributed by atoms with Crippen molar-refractivity contribution >= 4 is 22.9 Å². The summed E-state index contributed by atoms with van der Waals surface area (Å²) in [6, 6.07) is 1.93. The molecule has 1 aliphatic heterocycles. The van der Waals surface area contributed by atoms with Crippen molar-refractivity contribution in [2.45, 2.75) is 13.3 Å². The number of hydrogen-bond acceptors (Lipinski definition) is 4. The zero-order valence-electron chi connectivity index (χ0n) is 13.2. The molecule has 0 atom stereocenters. The molecule has 24 heavy (non-hydrogen) atoms. The largest absolute Gasteiger partial charge is 0.505 e. The molecule has 0 radical (unpaired) electrons. The number of aromatic hydroxyl groups is 1. The normalized spacial score (nSPS) is 15.0. The van der Waals surface area contributed by atoms with Gasteiger partial charge in [-0.15, -0.1) is 0 Å². The number of fused-ring (bicyclic) bond motifs is 1. The number of amides is 1. The summed E-state index contributed by atoms with van der Waals surface area (Å²) in [5.74, 6) is -2.48. The van der Waals surface area contributed by atoms with Gasteiger partial charge in [-0.2, -0.15) is 0 Å². The first-order valence-electron chi connectivity index (χ1n) is 7.64. The highest BCUT2D eigenvalue weighted by Crippen LogP contribution is 2.31. The molecule has 3 N–H and O–H groups in total. The lowest BCUT2D eigenvalue weighted by atomic mass is 10.1. The number of rotatable bonds is 2. The van der Waals surface area contributed by atoms with E-state index >= 15 is 0 Å². The van der Waals surface area contributed by atoms with Crippen LogP contribution in [0, 0.1) is 12.7 Å².